The number of nitrogens with two attached hydrogens (primary N) is 1. The average molecular weight is 205 g/mol. The summed E-state index contributed by atoms with van der Waals surface area (Å²) < 4.78 is 1.78. The Bertz CT molecular complexity index is 504. The maximum Gasteiger partial charge on any atom is 0.266 e. The van der Waals surface area contributed by atoms with E-state index in [4.69, 9.17) is 5.84 Å². The molecule has 2 rings (SSSR count). The smallest absolute Gasteiger partial charge is 0.266 e. The molecule has 6 nitrogen and oxygen atoms in total. The van der Waals surface area contributed by atoms with Gasteiger partial charge in [0, 0.05) is 12.6 Å². The Morgan fingerprint density at radius 1 is 1.53 bits per heavy atom. The molecule has 2 aromatic rings. The third-order valence-corrected chi connectivity index (χ3v) is 2.18. The summed E-state index contributed by atoms with van der Waals surface area (Å²) in [6.07, 6.45) is 2.44. The van der Waals surface area contributed by atoms with Gasteiger partial charge in [-0.05, 0) is 12.1 Å². The van der Waals surface area contributed by atoms with Crippen LogP contribution in [0.4, 0.5) is 0 Å². The van der Waals surface area contributed by atoms with Crippen LogP contribution >= 0.6 is 0 Å². The zero-order chi connectivity index (χ0) is 10.8. The summed E-state index contributed by atoms with van der Waals surface area (Å²) in [7, 11) is 0. The third kappa shape index (κ3) is 1.55. The number of hydrogen-bond acceptors (Lipinski definition) is 4. The van der Waals surface area contributed by atoms with Gasteiger partial charge in [0.1, 0.15) is 5.82 Å². The largest absolute Gasteiger partial charge is 0.290 e. The number of rotatable bonds is 2. The zero-order valence-corrected chi connectivity index (χ0v) is 8.27. The highest BCUT2D eigenvalue weighted by Crippen LogP contribution is 2.07. The molecule has 3 N–H and O–H groups in total. The summed E-state index contributed by atoms with van der Waals surface area (Å²) in [5, 5.41) is 7.96. The summed E-state index contributed by atoms with van der Waals surface area (Å²) in [6.45, 7) is 1.98. The van der Waals surface area contributed by atoms with Gasteiger partial charge in [0.05, 0.1) is 5.56 Å². The van der Waals surface area contributed by atoms with Crippen molar-refractivity contribution in [2.24, 2.45) is 5.84 Å². The van der Waals surface area contributed by atoms with Crippen LogP contribution in [0.5, 0.6) is 0 Å². The van der Waals surface area contributed by atoms with E-state index in [0.717, 1.165) is 17.9 Å². The minimum absolute atomic E-state index is 0.326. The number of aryl methyl sites for hydroxylation is 1. The Labute approximate surface area is 86.1 Å². The molecule has 15 heavy (non-hydrogen) atoms. The van der Waals surface area contributed by atoms with Crippen LogP contribution in [-0.4, -0.2) is 20.5 Å². The van der Waals surface area contributed by atoms with E-state index < -0.39 is 0 Å². The first-order valence-electron chi connectivity index (χ1n) is 4.61. The molecule has 78 valence electrons. The molecular weight excluding hydrogens is 194 g/mol. The lowest BCUT2D eigenvalue weighted by molar-refractivity contribution is 0.0953. The van der Waals surface area contributed by atoms with Crippen molar-refractivity contribution in [1.29, 1.82) is 0 Å². The highest BCUT2D eigenvalue weighted by atomic mass is 16.2. The number of hydrogen-bond donors (Lipinski definition) is 2. The second kappa shape index (κ2) is 3.66. The van der Waals surface area contributed by atoms with E-state index in [2.05, 4.69) is 15.6 Å². The molecule has 0 aliphatic rings. The number of hydrazine groups is 1. The fourth-order valence-electron chi connectivity index (χ4n) is 1.40. The van der Waals surface area contributed by atoms with Crippen LogP contribution in [0.1, 0.15) is 23.1 Å². The summed E-state index contributed by atoms with van der Waals surface area (Å²) in [6, 6.07) is 3.39. The van der Waals surface area contributed by atoms with Gasteiger partial charge in [-0.15, -0.1) is 10.2 Å². The minimum atomic E-state index is -0.326. The van der Waals surface area contributed by atoms with Gasteiger partial charge in [0.15, 0.2) is 5.65 Å². The normalized spacial score (nSPS) is 10.5. The summed E-state index contributed by atoms with van der Waals surface area (Å²) in [5.74, 6) is 5.54. The molecular formula is C9H11N5O. The second-order valence-corrected chi connectivity index (χ2v) is 3.09. The van der Waals surface area contributed by atoms with Gasteiger partial charge in [-0.3, -0.25) is 14.6 Å². The van der Waals surface area contributed by atoms with E-state index in [1.54, 1.807) is 22.7 Å². The van der Waals surface area contributed by atoms with Crippen molar-refractivity contribution in [1.82, 2.24) is 20.0 Å². The Morgan fingerprint density at radius 3 is 3.00 bits per heavy atom. The van der Waals surface area contributed by atoms with Crippen molar-refractivity contribution in [3.63, 3.8) is 0 Å². The van der Waals surface area contributed by atoms with Crippen LogP contribution in [0, 0.1) is 0 Å². The van der Waals surface area contributed by atoms with Crippen molar-refractivity contribution >= 4 is 11.6 Å². The van der Waals surface area contributed by atoms with Gasteiger partial charge in [0.2, 0.25) is 0 Å². The maximum atomic E-state index is 11.3. The molecule has 2 heterocycles. The van der Waals surface area contributed by atoms with Gasteiger partial charge in [-0.25, -0.2) is 5.84 Å². The zero-order valence-electron chi connectivity index (χ0n) is 8.27. The Kier molecular flexibility index (Phi) is 2.34. The molecule has 0 aliphatic carbocycles. The number of nitrogens with one attached hydrogen (secondary N) is 1. The van der Waals surface area contributed by atoms with E-state index in [0.29, 0.717) is 5.56 Å². The standard InChI is InChI=1S/C9H11N5O/c1-2-7-12-13-8-4-3-6(5-14(7)8)9(15)11-10/h3-5H,2,10H2,1H3,(H,11,15). The van der Waals surface area contributed by atoms with E-state index in [-0.39, 0.29) is 5.91 Å². The van der Waals surface area contributed by atoms with Crippen LogP contribution in [0.25, 0.3) is 5.65 Å². The number of carbonyl (C=O) groups excluding carboxylic acids is 1. The van der Waals surface area contributed by atoms with Gasteiger partial charge in [-0.2, -0.15) is 0 Å². The predicted octanol–water partition coefficient (Wildman–Crippen LogP) is -0.105. The molecule has 1 amide bonds. The molecule has 2 aromatic heterocycles. The van der Waals surface area contributed by atoms with E-state index >= 15 is 0 Å². The van der Waals surface area contributed by atoms with Gasteiger partial charge in [-0.1, -0.05) is 6.92 Å². The number of aromatic nitrogens is 3. The molecule has 0 aliphatic heterocycles. The van der Waals surface area contributed by atoms with Crippen LogP contribution < -0.4 is 11.3 Å². The van der Waals surface area contributed by atoms with Crippen molar-refractivity contribution in [2.75, 3.05) is 0 Å². The Hall–Kier alpha value is -1.95. The topological polar surface area (TPSA) is 85.3 Å². The molecule has 6 heteroatoms. The predicted molar refractivity (Wildman–Crippen MR) is 54.0 cm³/mol. The first-order chi connectivity index (χ1) is 7.26. The van der Waals surface area contributed by atoms with E-state index in [1.165, 1.54) is 0 Å². The van der Waals surface area contributed by atoms with Crippen molar-refractivity contribution in [3.8, 4) is 0 Å². The van der Waals surface area contributed by atoms with Gasteiger partial charge in [0.25, 0.3) is 5.91 Å². The molecule has 0 radical (unpaired) electrons. The van der Waals surface area contributed by atoms with Crippen LogP contribution in [0.15, 0.2) is 18.3 Å². The first-order valence-corrected chi connectivity index (χ1v) is 4.61. The number of fused-ring (bicyclic) bond motifs is 1. The molecule has 0 saturated heterocycles. The molecule has 0 saturated carbocycles. The third-order valence-electron chi connectivity index (χ3n) is 2.18. The molecule has 0 aromatic carbocycles. The molecule has 0 bridgehead atoms. The van der Waals surface area contributed by atoms with Crippen LogP contribution in [-0.2, 0) is 6.42 Å². The van der Waals surface area contributed by atoms with Crippen molar-refractivity contribution < 1.29 is 4.79 Å². The van der Waals surface area contributed by atoms with Gasteiger partial charge >= 0.3 is 0 Å². The monoisotopic (exact) mass is 205 g/mol. The molecule has 0 fully saturated rings. The van der Waals surface area contributed by atoms with Crippen molar-refractivity contribution in [2.45, 2.75) is 13.3 Å². The minimum Gasteiger partial charge on any atom is -0.290 e. The fourth-order valence-corrected chi connectivity index (χ4v) is 1.40. The lowest BCUT2D eigenvalue weighted by Gasteiger charge is -2.01. The van der Waals surface area contributed by atoms with Crippen molar-refractivity contribution in [3.05, 3.63) is 29.7 Å². The number of nitrogens with zero attached hydrogens (tertiary/aromatic N) is 3. The highest BCUT2D eigenvalue weighted by Gasteiger charge is 2.07. The number of carbonyl (C=O) groups is 1. The Balaban J connectivity index is 2.57. The Morgan fingerprint density at radius 2 is 2.33 bits per heavy atom. The fraction of sp³-hybridized carbons (Fsp3) is 0.222. The summed E-state index contributed by atoms with van der Waals surface area (Å²) >= 11 is 0. The summed E-state index contributed by atoms with van der Waals surface area (Å²) in [5.41, 5.74) is 3.29. The summed E-state index contributed by atoms with van der Waals surface area (Å²) in [4.78, 5) is 11.3. The average Bonchev–Trinajstić information content (AvgIpc) is 2.69. The van der Waals surface area contributed by atoms with Crippen LogP contribution in [0.2, 0.25) is 0 Å². The lowest BCUT2D eigenvalue weighted by Crippen LogP contribution is -2.30. The molecule has 0 atom stereocenters. The molecule has 0 unspecified atom stereocenters. The molecule has 0 spiro atoms. The first kappa shape index (κ1) is 9.60. The number of nitrogen functional groups attached to an aromatic ring is 1. The van der Waals surface area contributed by atoms with E-state index in [1.807, 2.05) is 6.92 Å². The van der Waals surface area contributed by atoms with E-state index in [9.17, 15) is 4.79 Å². The van der Waals surface area contributed by atoms with Crippen LogP contribution in [0.3, 0.4) is 0 Å². The lowest BCUT2D eigenvalue weighted by atomic mass is 10.2. The SMILES string of the molecule is CCc1nnc2ccc(C(=O)NN)cn12. The second-order valence-electron chi connectivity index (χ2n) is 3.09. The number of amides is 1. The maximum absolute atomic E-state index is 11.3. The highest BCUT2D eigenvalue weighted by molar-refractivity contribution is 5.93. The van der Waals surface area contributed by atoms with Gasteiger partial charge < -0.3 is 0 Å². The number of pyridine rings is 1. The quantitative estimate of drug-likeness (QED) is 0.407.